The van der Waals surface area contributed by atoms with Crippen LogP contribution in [0.2, 0.25) is 0 Å². The fourth-order valence-electron chi connectivity index (χ4n) is 2.66. The Labute approximate surface area is 140 Å². The van der Waals surface area contributed by atoms with Crippen molar-refractivity contribution in [3.05, 3.63) is 30.1 Å². The average molecular weight is 321 g/mol. The van der Waals surface area contributed by atoms with Crippen LogP contribution in [-0.4, -0.2) is 54.7 Å². The van der Waals surface area contributed by atoms with E-state index in [0.717, 1.165) is 19.5 Å². The van der Waals surface area contributed by atoms with E-state index in [1.54, 1.807) is 0 Å². The van der Waals surface area contributed by atoms with E-state index in [-0.39, 0.29) is 5.60 Å². The molecule has 2 rings (SSSR count). The van der Waals surface area contributed by atoms with E-state index in [0.29, 0.717) is 12.0 Å². The summed E-state index contributed by atoms with van der Waals surface area (Å²) >= 11 is 0. The first-order valence-corrected chi connectivity index (χ1v) is 8.19. The van der Waals surface area contributed by atoms with Crippen LogP contribution in [0.1, 0.15) is 39.3 Å². The third-order valence-electron chi connectivity index (χ3n) is 4.12. The van der Waals surface area contributed by atoms with Crippen LogP contribution >= 0.6 is 0 Å². The molecule has 1 aliphatic rings. The van der Waals surface area contributed by atoms with Gasteiger partial charge in [0.25, 0.3) is 6.47 Å². The van der Waals surface area contributed by atoms with Crippen LogP contribution < -0.4 is 5.32 Å². The van der Waals surface area contributed by atoms with Gasteiger partial charge in [0.2, 0.25) is 0 Å². The first-order chi connectivity index (χ1) is 10.8. The molecular weight excluding hydrogens is 290 g/mol. The summed E-state index contributed by atoms with van der Waals surface area (Å²) in [5, 5.41) is 3.43. The van der Waals surface area contributed by atoms with Gasteiger partial charge in [-0.2, -0.15) is 0 Å². The summed E-state index contributed by atoms with van der Waals surface area (Å²) in [4.78, 5) is 16.4. The Morgan fingerprint density at radius 3 is 2.35 bits per heavy atom. The van der Waals surface area contributed by atoms with E-state index in [2.05, 4.69) is 46.2 Å². The topological polar surface area (TPSA) is 54.5 Å². The van der Waals surface area contributed by atoms with Gasteiger partial charge in [0.15, 0.2) is 0 Å². The standard InChI is InChI=1S/C13H21N3.C5H10O2/c1-16(2)13(6-9-14-10-7-13)11-12-5-3-4-8-15-12;1-5(2,3)7-4-6/h3-5,8,14H,6-7,9-11H2,1-2H3;4H,1-3H3. The first kappa shape index (κ1) is 19.6. The third-order valence-corrected chi connectivity index (χ3v) is 4.12. The lowest BCUT2D eigenvalue weighted by Crippen LogP contribution is -2.53. The van der Waals surface area contributed by atoms with Crippen LogP contribution in [0, 0.1) is 0 Å². The number of hydrogen-bond acceptors (Lipinski definition) is 5. The molecule has 5 heteroatoms. The van der Waals surface area contributed by atoms with E-state index >= 15 is 0 Å². The first-order valence-electron chi connectivity index (χ1n) is 8.19. The minimum atomic E-state index is -0.318. The van der Waals surface area contributed by atoms with Crippen LogP contribution in [0.4, 0.5) is 0 Å². The molecule has 1 N–H and O–H groups in total. The van der Waals surface area contributed by atoms with Gasteiger partial charge in [0.05, 0.1) is 0 Å². The van der Waals surface area contributed by atoms with Crippen molar-refractivity contribution in [3.63, 3.8) is 0 Å². The van der Waals surface area contributed by atoms with Crippen LogP contribution in [-0.2, 0) is 16.0 Å². The molecule has 0 aromatic carbocycles. The number of rotatable bonds is 4. The molecule has 2 heterocycles. The van der Waals surface area contributed by atoms with Gasteiger partial charge in [-0.3, -0.25) is 9.78 Å². The molecular formula is C18H31N3O2. The normalized spacial score (nSPS) is 17.1. The predicted octanol–water partition coefficient (Wildman–Crippen LogP) is 2.27. The lowest BCUT2D eigenvalue weighted by Gasteiger charge is -2.43. The quantitative estimate of drug-likeness (QED) is 0.862. The molecule has 130 valence electrons. The minimum absolute atomic E-state index is 0.291. The Kier molecular flexibility index (Phi) is 7.65. The van der Waals surface area contributed by atoms with Gasteiger partial charge in [0, 0.05) is 23.9 Å². The van der Waals surface area contributed by atoms with Crippen molar-refractivity contribution in [2.45, 2.75) is 51.2 Å². The Morgan fingerprint density at radius 1 is 1.30 bits per heavy atom. The number of likely N-dealkylation sites (N-methyl/N-ethyl adjacent to an activating group) is 1. The summed E-state index contributed by atoms with van der Waals surface area (Å²) in [6.45, 7) is 8.15. The number of carbonyl (C=O) groups is 1. The maximum atomic E-state index is 9.60. The highest BCUT2D eigenvalue weighted by Crippen LogP contribution is 2.27. The summed E-state index contributed by atoms with van der Waals surface area (Å²) < 4.78 is 4.55. The van der Waals surface area contributed by atoms with Crippen LogP contribution in [0.15, 0.2) is 24.4 Å². The fourth-order valence-corrected chi connectivity index (χ4v) is 2.66. The number of carbonyl (C=O) groups excluding carboxylic acids is 1. The van der Waals surface area contributed by atoms with Crippen molar-refractivity contribution in [1.82, 2.24) is 15.2 Å². The SMILES string of the molecule is CC(C)(C)OC=O.CN(C)C1(Cc2ccccn2)CCNCC1. The number of aromatic nitrogens is 1. The lowest BCUT2D eigenvalue weighted by molar-refractivity contribution is -0.138. The number of hydrogen-bond donors (Lipinski definition) is 1. The number of ether oxygens (including phenoxy) is 1. The highest BCUT2D eigenvalue weighted by Gasteiger charge is 2.34. The Balaban J connectivity index is 0.000000322. The second kappa shape index (κ2) is 8.99. The highest BCUT2D eigenvalue weighted by atomic mass is 16.5. The molecule has 0 spiro atoms. The summed E-state index contributed by atoms with van der Waals surface area (Å²) in [6.07, 6.45) is 5.36. The minimum Gasteiger partial charge on any atom is -0.462 e. The maximum absolute atomic E-state index is 9.60. The van der Waals surface area contributed by atoms with Gasteiger partial charge >= 0.3 is 0 Å². The molecule has 0 atom stereocenters. The molecule has 0 unspecified atom stereocenters. The van der Waals surface area contributed by atoms with Crippen molar-refractivity contribution in [1.29, 1.82) is 0 Å². The van der Waals surface area contributed by atoms with Crippen molar-refractivity contribution in [2.75, 3.05) is 27.2 Å². The molecule has 0 aliphatic carbocycles. The smallest absolute Gasteiger partial charge is 0.293 e. The number of nitrogens with one attached hydrogen (secondary N) is 1. The second-order valence-electron chi connectivity index (χ2n) is 7.19. The van der Waals surface area contributed by atoms with Crippen molar-refractivity contribution < 1.29 is 9.53 Å². The van der Waals surface area contributed by atoms with E-state index in [1.165, 1.54) is 18.5 Å². The van der Waals surface area contributed by atoms with Crippen LogP contribution in [0.3, 0.4) is 0 Å². The number of pyridine rings is 1. The van der Waals surface area contributed by atoms with E-state index in [4.69, 9.17) is 0 Å². The fraction of sp³-hybridized carbons (Fsp3) is 0.667. The summed E-state index contributed by atoms with van der Waals surface area (Å²) in [5.74, 6) is 0. The van der Waals surface area contributed by atoms with Gasteiger partial charge in [-0.15, -0.1) is 0 Å². The highest BCUT2D eigenvalue weighted by molar-refractivity contribution is 5.37. The molecule has 0 radical (unpaired) electrons. The average Bonchev–Trinajstić information content (AvgIpc) is 2.48. The van der Waals surface area contributed by atoms with E-state index in [1.807, 2.05) is 33.0 Å². The molecule has 1 saturated heterocycles. The zero-order chi connectivity index (χ0) is 17.3. The molecule has 1 fully saturated rings. The van der Waals surface area contributed by atoms with Crippen molar-refractivity contribution >= 4 is 6.47 Å². The van der Waals surface area contributed by atoms with Gasteiger partial charge in [-0.25, -0.2) is 0 Å². The van der Waals surface area contributed by atoms with Crippen LogP contribution in [0.25, 0.3) is 0 Å². The van der Waals surface area contributed by atoms with E-state index < -0.39 is 0 Å². The largest absolute Gasteiger partial charge is 0.462 e. The zero-order valence-corrected chi connectivity index (χ0v) is 15.1. The van der Waals surface area contributed by atoms with Crippen molar-refractivity contribution in [3.8, 4) is 0 Å². The Morgan fingerprint density at radius 2 is 1.96 bits per heavy atom. The van der Waals surface area contributed by atoms with Gasteiger partial charge in [-0.05, 0) is 72.9 Å². The molecule has 1 aromatic heterocycles. The molecule has 0 amide bonds. The Hall–Kier alpha value is -1.46. The molecule has 0 bridgehead atoms. The number of nitrogens with zero attached hydrogens (tertiary/aromatic N) is 2. The Bertz CT molecular complexity index is 449. The summed E-state index contributed by atoms with van der Waals surface area (Å²) in [7, 11) is 4.38. The monoisotopic (exact) mass is 321 g/mol. The third kappa shape index (κ3) is 7.10. The van der Waals surface area contributed by atoms with E-state index in [9.17, 15) is 4.79 Å². The molecule has 0 saturated carbocycles. The molecule has 1 aliphatic heterocycles. The summed E-state index contributed by atoms with van der Waals surface area (Å²) in [6, 6.07) is 6.19. The molecule has 1 aromatic rings. The molecule has 23 heavy (non-hydrogen) atoms. The lowest BCUT2D eigenvalue weighted by atomic mass is 9.82. The summed E-state index contributed by atoms with van der Waals surface area (Å²) in [5.41, 5.74) is 1.18. The van der Waals surface area contributed by atoms with Crippen molar-refractivity contribution in [2.24, 2.45) is 0 Å². The predicted molar refractivity (Wildman–Crippen MR) is 93.4 cm³/mol. The zero-order valence-electron chi connectivity index (χ0n) is 15.1. The van der Waals surface area contributed by atoms with Gasteiger partial charge < -0.3 is 15.0 Å². The van der Waals surface area contributed by atoms with Gasteiger partial charge in [-0.1, -0.05) is 6.07 Å². The molecule has 5 nitrogen and oxygen atoms in total. The number of piperidine rings is 1. The second-order valence-corrected chi connectivity index (χ2v) is 7.19. The maximum Gasteiger partial charge on any atom is 0.293 e. The van der Waals surface area contributed by atoms with Gasteiger partial charge in [0.1, 0.15) is 5.60 Å². The van der Waals surface area contributed by atoms with Crippen LogP contribution in [0.5, 0.6) is 0 Å².